The summed E-state index contributed by atoms with van der Waals surface area (Å²) in [6.45, 7) is 1.30. The first-order chi connectivity index (χ1) is 12.3. The normalized spacial score (nSPS) is 10.6. The SMILES string of the molecule is O=C(CSc1ncn[nH]1)N(CCc1ccccc1)Cc1ccccc1. The van der Waals surface area contributed by atoms with E-state index in [9.17, 15) is 4.79 Å². The minimum Gasteiger partial charge on any atom is -0.337 e. The third-order valence-electron chi connectivity index (χ3n) is 3.81. The van der Waals surface area contributed by atoms with Gasteiger partial charge in [0.2, 0.25) is 5.91 Å². The summed E-state index contributed by atoms with van der Waals surface area (Å²) in [5, 5.41) is 7.24. The number of hydrogen-bond acceptors (Lipinski definition) is 4. The van der Waals surface area contributed by atoms with Crippen LogP contribution in [0.5, 0.6) is 0 Å². The highest BCUT2D eigenvalue weighted by atomic mass is 32.2. The van der Waals surface area contributed by atoms with Crippen molar-refractivity contribution in [3.05, 3.63) is 78.1 Å². The third kappa shape index (κ3) is 5.46. The van der Waals surface area contributed by atoms with Gasteiger partial charge in [-0.15, -0.1) is 0 Å². The second kappa shape index (κ2) is 9.03. The van der Waals surface area contributed by atoms with E-state index >= 15 is 0 Å². The number of nitrogens with one attached hydrogen (secondary N) is 1. The van der Waals surface area contributed by atoms with Crippen LogP contribution in [-0.4, -0.2) is 38.3 Å². The number of aromatic amines is 1. The highest BCUT2D eigenvalue weighted by Gasteiger charge is 2.15. The Morgan fingerprint density at radius 3 is 2.32 bits per heavy atom. The number of amides is 1. The monoisotopic (exact) mass is 352 g/mol. The molecule has 1 amide bonds. The predicted molar refractivity (Wildman–Crippen MR) is 99.1 cm³/mol. The summed E-state index contributed by atoms with van der Waals surface area (Å²) in [7, 11) is 0. The van der Waals surface area contributed by atoms with E-state index in [1.807, 2.05) is 53.4 Å². The Bertz CT molecular complexity index is 763. The van der Waals surface area contributed by atoms with Gasteiger partial charge in [0.05, 0.1) is 5.75 Å². The standard InChI is InChI=1S/C19H20N4OS/c24-18(14-25-19-20-15-21-22-19)23(13-17-9-5-2-6-10-17)12-11-16-7-3-1-4-8-16/h1-10,15H,11-14H2,(H,20,21,22). The molecular weight excluding hydrogens is 332 g/mol. The van der Waals surface area contributed by atoms with Crippen LogP contribution in [0.4, 0.5) is 0 Å². The molecule has 2 aromatic carbocycles. The summed E-state index contributed by atoms with van der Waals surface area (Å²) in [5.74, 6) is 0.442. The lowest BCUT2D eigenvalue weighted by atomic mass is 10.1. The van der Waals surface area contributed by atoms with Gasteiger partial charge in [0.15, 0.2) is 5.16 Å². The molecular formula is C19H20N4OS. The minimum atomic E-state index is 0.0983. The molecule has 128 valence electrons. The van der Waals surface area contributed by atoms with E-state index in [2.05, 4.69) is 27.3 Å². The average Bonchev–Trinajstić information content (AvgIpc) is 3.18. The summed E-state index contributed by atoms with van der Waals surface area (Å²) >= 11 is 1.38. The molecule has 25 heavy (non-hydrogen) atoms. The maximum Gasteiger partial charge on any atom is 0.233 e. The van der Waals surface area contributed by atoms with Crippen LogP contribution in [-0.2, 0) is 17.8 Å². The van der Waals surface area contributed by atoms with E-state index in [1.54, 1.807) is 0 Å². The van der Waals surface area contributed by atoms with Crippen LogP contribution in [0.25, 0.3) is 0 Å². The van der Waals surface area contributed by atoms with E-state index in [-0.39, 0.29) is 5.91 Å². The van der Waals surface area contributed by atoms with Crippen molar-refractivity contribution >= 4 is 17.7 Å². The van der Waals surface area contributed by atoms with Gasteiger partial charge in [-0.2, -0.15) is 5.10 Å². The van der Waals surface area contributed by atoms with Crippen molar-refractivity contribution in [3.63, 3.8) is 0 Å². The fourth-order valence-electron chi connectivity index (χ4n) is 2.49. The maximum atomic E-state index is 12.7. The average molecular weight is 352 g/mol. The second-order valence-electron chi connectivity index (χ2n) is 5.62. The van der Waals surface area contributed by atoms with Crippen LogP contribution in [0.3, 0.4) is 0 Å². The third-order valence-corrected chi connectivity index (χ3v) is 4.67. The Morgan fingerprint density at radius 1 is 1.00 bits per heavy atom. The topological polar surface area (TPSA) is 61.9 Å². The Hall–Kier alpha value is -2.60. The number of nitrogens with zero attached hydrogens (tertiary/aromatic N) is 3. The molecule has 1 aromatic heterocycles. The fraction of sp³-hybridized carbons (Fsp3) is 0.211. The van der Waals surface area contributed by atoms with E-state index in [0.29, 0.717) is 24.0 Å². The zero-order valence-corrected chi connectivity index (χ0v) is 14.7. The molecule has 1 N–H and O–H groups in total. The minimum absolute atomic E-state index is 0.0983. The number of hydrogen-bond donors (Lipinski definition) is 1. The molecule has 0 fully saturated rings. The summed E-state index contributed by atoms with van der Waals surface area (Å²) in [6, 6.07) is 20.3. The maximum absolute atomic E-state index is 12.7. The smallest absolute Gasteiger partial charge is 0.233 e. The molecule has 0 aliphatic heterocycles. The molecule has 3 aromatic rings. The van der Waals surface area contributed by atoms with Crippen LogP contribution < -0.4 is 0 Å². The molecule has 6 heteroatoms. The van der Waals surface area contributed by atoms with Gasteiger partial charge < -0.3 is 4.90 Å². The summed E-state index contributed by atoms with van der Waals surface area (Å²) < 4.78 is 0. The van der Waals surface area contributed by atoms with Gasteiger partial charge in [0, 0.05) is 13.1 Å². The van der Waals surface area contributed by atoms with Crippen molar-refractivity contribution in [1.29, 1.82) is 0 Å². The van der Waals surface area contributed by atoms with E-state index in [1.165, 1.54) is 23.7 Å². The highest BCUT2D eigenvalue weighted by molar-refractivity contribution is 7.99. The van der Waals surface area contributed by atoms with Gasteiger partial charge in [-0.3, -0.25) is 9.89 Å². The number of rotatable bonds is 8. The predicted octanol–water partition coefficient (Wildman–Crippen LogP) is 3.17. The zero-order chi connectivity index (χ0) is 17.3. The molecule has 0 atom stereocenters. The first kappa shape index (κ1) is 17.2. The van der Waals surface area contributed by atoms with Crippen LogP contribution in [0, 0.1) is 0 Å². The van der Waals surface area contributed by atoms with Gasteiger partial charge in [-0.1, -0.05) is 72.4 Å². The van der Waals surface area contributed by atoms with Crippen molar-refractivity contribution < 1.29 is 4.79 Å². The number of benzene rings is 2. The molecule has 1 heterocycles. The van der Waals surface area contributed by atoms with E-state index < -0.39 is 0 Å². The number of thioether (sulfide) groups is 1. The second-order valence-corrected chi connectivity index (χ2v) is 6.58. The Balaban J connectivity index is 1.63. The largest absolute Gasteiger partial charge is 0.337 e. The summed E-state index contributed by atoms with van der Waals surface area (Å²) in [6.07, 6.45) is 2.29. The molecule has 5 nitrogen and oxygen atoms in total. The van der Waals surface area contributed by atoms with Gasteiger partial charge in [0.1, 0.15) is 6.33 Å². The van der Waals surface area contributed by atoms with Crippen LogP contribution in [0.15, 0.2) is 72.1 Å². The lowest BCUT2D eigenvalue weighted by Crippen LogP contribution is -2.33. The van der Waals surface area contributed by atoms with E-state index in [0.717, 1.165) is 12.0 Å². The van der Waals surface area contributed by atoms with Gasteiger partial charge in [-0.05, 0) is 17.5 Å². The molecule has 0 saturated heterocycles. The Kier molecular flexibility index (Phi) is 6.23. The molecule has 3 rings (SSSR count). The van der Waals surface area contributed by atoms with Crippen LogP contribution >= 0.6 is 11.8 Å². The molecule has 0 aliphatic carbocycles. The molecule has 0 spiro atoms. The van der Waals surface area contributed by atoms with Gasteiger partial charge in [0.25, 0.3) is 0 Å². The van der Waals surface area contributed by atoms with Crippen LogP contribution in [0.2, 0.25) is 0 Å². The van der Waals surface area contributed by atoms with Crippen molar-refractivity contribution in [2.45, 2.75) is 18.1 Å². The van der Waals surface area contributed by atoms with Crippen molar-refractivity contribution in [3.8, 4) is 0 Å². The summed E-state index contributed by atoms with van der Waals surface area (Å²) in [4.78, 5) is 18.7. The number of H-pyrrole nitrogens is 1. The first-order valence-electron chi connectivity index (χ1n) is 8.15. The van der Waals surface area contributed by atoms with E-state index in [4.69, 9.17) is 0 Å². The van der Waals surface area contributed by atoms with Crippen molar-refractivity contribution in [2.75, 3.05) is 12.3 Å². The van der Waals surface area contributed by atoms with Gasteiger partial charge in [-0.25, -0.2) is 4.98 Å². The quantitative estimate of drug-likeness (QED) is 0.633. The number of carbonyl (C=O) groups excluding carboxylic acids is 1. The lowest BCUT2D eigenvalue weighted by Gasteiger charge is -2.23. The Labute approximate surface area is 151 Å². The molecule has 0 unspecified atom stereocenters. The Morgan fingerprint density at radius 2 is 1.68 bits per heavy atom. The molecule has 0 bridgehead atoms. The number of aromatic nitrogens is 3. The molecule has 0 aliphatic rings. The zero-order valence-electron chi connectivity index (χ0n) is 13.8. The fourth-order valence-corrected chi connectivity index (χ4v) is 3.17. The molecule has 0 saturated carbocycles. The molecule has 0 radical (unpaired) electrons. The first-order valence-corrected chi connectivity index (χ1v) is 9.13. The van der Waals surface area contributed by atoms with Crippen molar-refractivity contribution in [1.82, 2.24) is 20.1 Å². The highest BCUT2D eigenvalue weighted by Crippen LogP contribution is 2.14. The number of carbonyl (C=O) groups is 1. The van der Waals surface area contributed by atoms with Crippen molar-refractivity contribution in [2.24, 2.45) is 0 Å². The van der Waals surface area contributed by atoms with Crippen LogP contribution in [0.1, 0.15) is 11.1 Å². The van der Waals surface area contributed by atoms with Gasteiger partial charge >= 0.3 is 0 Å². The lowest BCUT2D eigenvalue weighted by molar-refractivity contribution is -0.128. The summed E-state index contributed by atoms with van der Waals surface area (Å²) in [5.41, 5.74) is 2.37.